The van der Waals surface area contributed by atoms with Gasteiger partial charge < -0.3 is 15.5 Å². The highest BCUT2D eigenvalue weighted by molar-refractivity contribution is 5.85. The number of carbonyl (C=O) groups is 1. The van der Waals surface area contributed by atoms with E-state index < -0.39 is 0 Å². The lowest BCUT2D eigenvalue weighted by molar-refractivity contribution is -0.137. The van der Waals surface area contributed by atoms with Crippen molar-refractivity contribution < 1.29 is 4.79 Å². The number of nitrogens with zero attached hydrogens (tertiary/aromatic N) is 2. The first-order chi connectivity index (χ1) is 8.99. The van der Waals surface area contributed by atoms with Crippen LogP contribution in [-0.2, 0) is 4.79 Å². The summed E-state index contributed by atoms with van der Waals surface area (Å²) >= 11 is 0. The molecule has 1 aliphatic carbocycles. The fraction of sp³-hybridized carbons (Fsp3) is 0.933. The minimum atomic E-state index is -0.210. The second-order valence-corrected chi connectivity index (χ2v) is 6.16. The van der Waals surface area contributed by atoms with E-state index >= 15 is 0 Å². The summed E-state index contributed by atoms with van der Waals surface area (Å²) in [7, 11) is 0. The summed E-state index contributed by atoms with van der Waals surface area (Å²) in [5, 5.41) is 0. The summed E-state index contributed by atoms with van der Waals surface area (Å²) in [4.78, 5) is 17.0. The first-order valence-electron chi connectivity index (χ1n) is 7.70. The molecule has 2 N–H and O–H groups in total. The van der Waals surface area contributed by atoms with Gasteiger partial charge in [0.05, 0.1) is 5.41 Å². The zero-order valence-electron chi connectivity index (χ0n) is 13.1. The lowest BCUT2D eigenvalue weighted by atomic mass is 10.0. The second kappa shape index (κ2) is 7.25. The van der Waals surface area contributed by atoms with Crippen LogP contribution in [0.4, 0.5) is 0 Å². The molecule has 0 spiro atoms. The monoisotopic (exact) mass is 269 g/mol. The molecule has 1 saturated carbocycles. The zero-order valence-corrected chi connectivity index (χ0v) is 13.1. The van der Waals surface area contributed by atoms with E-state index in [4.69, 9.17) is 5.73 Å². The molecule has 0 radical (unpaired) electrons. The maximum absolute atomic E-state index is 12.6. The first kappa shape index (κ1) is 16.4. The van der Waals surface area contributed by atoms with E-state index in [0.717, 1.165) is 45.6 Å². The van der Waals surface area contributed by atoms with Crippen LogP contribution in [0.1, 0.15) is 40.5 Å². The van der Waals surface area contributed by atoms with Crippen LogP contribution in [0.5, 0.6) is 0 Å². The van der Waals surface area contributed by atoms with Gasteiger partial charge in [-0.25, -0.2) is 0 Å². The van der Waals surface area contributed by atoms with E-state index in [9.17, 15) is 4.79 Å². The minimum Gasteiger partial charge on any atom is -0.341 e. The largest absolute Gasteiger partial charge is 0.341 e. The summed E-state index contributed by atoms with van der Waals surface area (Å²) in [6.07, 6.45) is 1.95. The highest BCUT2D eigenvalue weighted by atomic mass is 16.2. The highest BCUT2D eigenvalue weighted by Gasteiger charge is 2.50. The number of likely N-dealkylation sites (N-methyl/N-ethyl adjacent to an activating group) is 1. The number of rotatable bonds is 9. The van der Waals surface area contributed by atoms with Crippen molar-refractivity contribution in [3.63, 3.8) is 0 Å². The third kappa shape index (κ3) is 4.46. The Bertz CT molecular complexity index is 283. The van der Waals surface area contributed by atoms with Gasteiger partial charge in [-0.1, -0.05) is 27.7 Å². The van der Waals surface area contributed by atoms with Gasteiger partial charge in [-0.05, 0) is 31.8 Å². The number of carbonyl (C=O) groups excluding carboxylic acids is 1. The molecule has 1 fully saturated rings. The van der Waals surface area contributed by atoms with Crippen LogP contribution < -0.4 is 5.73 Å². The van der Waals surface area contributed by atoms with Gasteiger partial charge in [0.1, 0.15) is 0 Å². The van der Waals surface area contributed by atoms with Gasteiger partial charge in [0.25, 0.3) is 0 Å². The third-order valence-electron chi connectivity index (χ3n) is 4.15. The molecule has 4 nitrogen and oxygen atoms in total. The first-order valence-corrected chi connectivity index (χ1v) is 7.70. The van der Waals surface area contributed by atoms with Crippen molar-refractivity contribution >= 4 is 5.91 Å². The van der Waals surface area contributed by atoms with Gasteiger partial charge in [-0.15, -0.1) is 0 Å². The fourth-order valence-corrected chi connectivity index (χ4v) is 2.51. The van der Waals surface area contributed by atoms with Crippen molar-refractivity contribution in [2.45, 2.75) is 40.5 Å². The molecule has 0 unspecified atom stereocenters. The van der Waals surface area contributed by atoms with Gasteiger partial charge in [0, 0.05) is 26.2 Å². The zero-order chi connectivity index (χ0) is 14.5. The van der Waals surface area contributed by atoms with E-state index in [2.05, 4.69) is 32.6 Å². The molecule has 0 heterocycles. The molecule has 1 aliphatic rings. The smallest absolute Gasteiger partial charge is 0.230 e. The van der Waals surface area contributed by atoms with Gasteiger partial charge >= 0.3 is 0 Å². The van der Waals surface area contributed by atoms with Crippen LogP contribution in [0.15, 0.2) is 0 Å². The van der Waals surface area contributed by atoms with Crippen LogP contribution in [0.2, 0.25) is 0 Å². The van der Waals surface area contributed by atoms with Crippen LogP contribution >= 0.6 is 0 Å². The molecule has 4 heteroatoms. The molecule has 0 aliphatic heterocycles. The molecule has 19 heavy (non-hydrogen) atoms. The molecule has 112 valence electrons. The second-order valence-electron chi connectivity index (χ2n) is 6.16. The molecule has 0 aromatic carbocycles. The van der Waals surface area contributed by atoms with Crippen molar-refractivity contribution in [1.29, 1.82) is 0 Å². The summed E-state index contributed by atoms with van der Waals surface area (Å²) in [5.41, 5.74) is 5.58. The number of nitrogens with two attached hydrogens (primary N) is 1. The predicted octanol–water partition coefficient (Wildman–Crippen LogP) is 1.55. The van der Waals surface area contributed by atoms with E-state index in [1.54, 1.807) is 0 Å². The Balaban J connectivity index is 2.59. The number of hydrogen-bond donors (Lipinski definition) is 1. The van der Waals surface area contributed by atoms with Crippen LogP contribution in [0.3, 0.4) is 0 Å². The Kier molecular flexibility index (Phi) is 6.27. The van der Waals surface area contributed by atoms with Crippen molar-refractivity contribution in [3.05, 3.63) is 0 Å². The average Bonchev–Trinajstić information content (AvgIpc) is 3.18. The molecule has 0 bridgehead atoms. The summed E-state index contributed by atoms with van der Waals surface area (Å²) < 4.78 is 0. The predicted molar refractivity (Wildman–Crippen MR) is 79.9 cm³/mol. The molecule has 1 amide bonds. The summed E-state index contributed by atoms with van der Waals surface area (Å²) in [5.74, 6) is 0.796. The van der Waals surface area contributed by atoms with Crippen molar-refractivity contribution in [2.24, 2.45) is 17.1 Å². The van der Waals surface area contributed by atoms with Crippen LogP contribution in [0, 0.1) is 11.3 Å². The standard InChI is InChI=1S/C15H31N3O/c1-5-17(6-2)9-10-18(11-13(3)4)14(19)15(12-16)7-8-15/h13H,5-12,16H2,1-4H3. The van der Waals surface area contributed by atoms with Crippen LogP contribution in [0.25, 0.3) is 0 Å². The molecule has 0 saturated heterocycles. The lowest BCUT2D eigenvalue weighted by Gasteiger charge is -2.30. The highest BCUT2D eigenvalue weighted by Crippen LogP contribution is 2.46. The van der Waals surface area contributed by atoms with Gasteiger partial charge in [0.15, 0.2) is 0 Å². The molecule has 1 rings (SSSR count). The van der Waals surface area contributed by atoms with Crippen LogP contribution in [-0.4, -0.2) is 55.0 Å². The van der Waals surface area contributed by atoms with E-state index in [0.29, 0.717) is 12.5 Å². The van der Waals surface area contributed by atoms with Crippen molar-refractivity contribution in [2.75, 3.05) is 39.3 Å². The average molecular weight is 269 g/mol. The van der Waals surface area contributed by atoms with Gasteiger partial charge in [0.2, 0.25) is 5.91 Å². The van der Waals surface area contributed by atoms with Crippen molar-refractivity contribution in [3.8, 4) is 0 Å². The van der Waals surface area contributed by atoms with Gasteiger partial charge in [-0.2, -0.15) is 0 Å². The Morgan fingerprint density at radius 2 is 1.79 bits per heavy atom. The summed E-state index contributed by atoms with van der Waals surface area (Å²) in [6.45, 7) is 13.9. The SMILES string of the molecule is CCN(CC)CCN(CC(C)C)C(=O)C1(CN)CC1. The topological polar surface area (TPSA) is 49.6 Å². The third-order valence-corrected chi connectivity index (χ3v) is 4.15. The quantitative estimate of drug-likeness (QED) is 0.691. The minimum absolute atomic E-state index is 0.210. The Morgan fingerprint density at radius 1 is 1.21 bits per heavy atom. The molecule has 0 atom stereocenters. The maximum Gasteiger partial charge on any atom is 0.230 e. The Labute approximate surface area is 118 Å². The summed E-state index contributed by atoms with van der Waals surface area (Å²) in [6, 6.07) is 0. The number of hydrogen-bond acceptors (Lipinski definition) is 3. The Hall–Kier alpha value is -0.610. The maximum atomic E-state index is 12.6. The molecular weight excluding hydrogens is 238 g/mol. The molecule has 0 aromatic rings. The molecule has 0 aromatic heterocycles. The Morgan fingerprint density at radius 3 is 2.16 bits per heavy atom. The van der Waals surface area contributed by atoms with Crippen molar-refractivity contribution in [1.82, 2.24) is 9.80 Å². The molecular formula is C15H31N3O. The van der Waals surface area contributed by atoms with E-state index in [-0.39, 0.29) is 11.3 Å². The lowest BCUT2D eigenvalue weighted by Crippen LogP contribution is -2.45. The fourth-order valence-electron chi connectivity index (χ4n) is 2.51. The number of amides is 1. The van der Waals surface area contributed by atoms with E-state index in [1.165, 1.54) is 0 Å². The van der Waals surface area contributed by atoms with E-state index in [1.807, 2.05) is 4.90 Å². The normalized spacial score (nSPS) is 17.0. The van der Waals surface area contributed by atoms with Gasteiger partial charge in [-0.3, -0.25) is 4.79 Å².